The molecule has 0 unspecified atom stereocenters. The van der Waals surface area contributed by atoms with Crippen molar-refractivity contribution in [1.29, 1.82) is 0 Å². The van der Waals surface area contributed by atoms with Crippen LogP contribution in [0.3, 0.4) is 0 Å². The fraction of sp³-hybridized carbons (Fsp3) is 0.381. The Morgan fingerprint density at radius 2 is 1.79 bits per heavy atom. The lowest BCUT2D eigenvalue weighted by atomic mass is 10.1. The molecule has 1 fully saturated rings. The lowest BCUT2D eigenvalue weighted by Crippen LogP contribution is -2.31. The van der Waals surface area contributed by atoms with E-state index in [2.05, 4.69) is 22.3 Å². The largest absolute Gasteiger partial charge is 0.322 e. The van der Waals surface area contributed by atoms with Gasteiger partial charge in [0.1, 0.15) is 0 Å². The van der Waals surface area contributed by atoms with Crippen molar-refractivity contribution in [3.63, 3.8) is 0 Å². The number of nitrogens with one attached hydrogen (secondary N) is 1. The van der Waals surface area contributed by atoms with Crippen molar-refractivity contribution in [2.75, 3.05) is 25.0 Å². The van der Waals surface area contributed by atoms with Crippen LogP contribution in [0, 0.1) is 6.92 Å². The molecule has 1 heterocycles. The van der Waals surface area contributed by atoms with Crippen LogP contribution in [0.2, 0.25) is 0 Å². The van der Waals surface area contributed by atoms with Crippen LogP contribution < -0.4 is 5.32 Å². The van der Waals surface area contributed by atoms with E-state index in [1.54, 1.807) is 0 Å². The predicted octanol–water partition coefficient (Wildman–Crippen LogP) is 4.28. The van der Waals surface area contributed by atoms with Crippen LogP contribution in [-0.2, 0) is 6.42 Å². The van der Waals surface area contributed by atoms with Gasteiger partial charge in [0.25, 0.3) is 5.91 Å². The molecule has 3 heteroatoms. The average Bonchev–Trinajstić information content (AvgIpc) is 2.62. The molecule has 2 aromatic carbocycles. The van der Waals surface area contributed by atoms with Crippen LogP contribution in [0.1, 0.15) is 40.7 Å². The molecule has 0 aliphatic carbocycles. The van der Waals surface area contributed by atoms with Gasteiger partial charge in [0, 0.05) is 17.8 Å². The molecule has 1 aliphatic heterocycles. The molecule has 1 N–H and O–H groups in total. The maximum Gasteiger partial charge on any atom is 0.255 e. The number of amides is 1. The highest BCUT2D eigenvalue weighted by atomic mass is 16.1. The summed E-state index contributed by atoms with van der Waals surface area (Å²) in [4.78, 5) is 14.9. The molecule has 0 radical (unpaired) electrons. The van der Waals surface area contributed by atoms with Crippen molar-refractivity contribution in [2.45, 2.75) is 32.6 Å². The molecule has 0 atom stereocenters. The molecule has 0 spiro atoms. The smallest absolute Gasteiger partial charge is 0.255 e. The third kappa shape index (κ3) is 4.68. The van der Waals surface area contributed by atoms with Crippen molar-refractivity contribution in [3.05, 3.63) is 65.2 Å². The normalized spacial score (nSPS) is 15.2. The van der Waals surface area contributed by atoms with Gasteiger partial charge in [0.2, 0.25) is 0 Å². The van der Waals surface area contributed by atoms with Gasteiger partial charge in [-0.2, -0.15) is 0 Å². The van der Waals surface area contributed by atoms with Crippen molar-refractivity contribution in [2.24, 2.45) is 0 Å². The van der Waals surface area contributed by atoms with Crippen LogP contribution in [0.4, 0.5) is 5.69 Å². The summed E-state index contributed by atoms with van der Waals surface area (Å²) in [7, 11) is 0. The van der Waals surface area contributed by atoms with Gasteiger partial charge in [-0.3, -0.25) is 4.79 Å². The Balaban J connectivity index is 1.58. The van der Waals surface area contributed by atoms with Crippen molar-refractivity contribution in [1.82, 2.24) is 4.90 Å². The summed E-state index contributed by atoms with van der Waals surface area (Å²) in [6.45, 7) is 5.58. The number of hydrogen-bond acceptors (Lipinski definition) is 2. The van der Waals surface area contributed by atoms with E-state index < -0.39 is 0 Å². The number of aryl methyl sites for hydroxylation is 1. The monoisotopic (exact) mass is 322 g/mol. The first-order valence-corrected chi connectivity index (χ1v) is 8.90. The SMILES string of the molecule is Cc1ccc(C(=O)Nc2cccc(CCN3CCCCC3)c2)cc1. The number of anilines is 1. The van der Waals surface area contributed by atoms with Gasteiger partial charge in [0.05, 0.1) is 0 Å². The summed E-state index contributed by atoms with van der Waals surface area (Å²) < 4.78 is 0. The van der Waals surface area contributed by atoms with Crippen LogP contribution in [0.15, 0.2) is 48.5 Å². The summed E-state index contributed by atoms with van der Waals surface area (Å²) >= 11 is 0. The second kappa shape index (κ2) is 8.11. The quantitative estimate of drug-likeness (QED) is 0.891. The van der Waals surface area contributed by atoms with Crippen molar-refractivity contribution < 1.29 is 4.79 Å². The van der Waals surface area contributed by atoms with Gasteiger partial charge in [-0.15, -0.1) is 0 Å². The number of piperidine rings is 1. The van der Waals surface area contributed by atoms with E-state index in [1.807, 2.05) is 43.3 Å². The Hall–Kier alpha value is -2.13. The number of carbonyl (C=O) groups is 1. The summed E-state index contributed by atoms with van der Waals surface area (Å²) in [6.07, 6.45) is 5.06. The molecule has 126 valence electrons. The Labute approximate surface area is 144 Å². The number of hydrogen-bond donors (Lipinski definition) is 1. The molecule has 0 bridgehead atoms. The summed E-state index contributed by atoms with van der Waals surface area (Å²) in [5, 5.41) is 3.00. The van der Waals surface area contributed by atoms with Crippen LogP contribution in [0.5, 0.6) is 0 Å². The first kappa shape index (κ1) is 16.7. The zero-order valence-electron chi connectivity index (χ0n) is 14.4. The molecular weight excluding hydrogens is 296 g/mol. The van der Waals surface area contributed by atoms with Gasteiger partial charge < -0.3 is 10.2 Å². The third-order valence-corrected chi connectivity index (χ3v) is 4.66. The molecule has 1 aliphatic rings. The fourth-order valence-corrected chi connectivity index (χ4v) is 3.18. The highest BCUT2D eigenvalue weighted by Crippen LogP contribution is 2.15. The Morgan fingerprint density at radius 1 is 1.04 bits per heavy atom. The minimum Gasteiger partial charge on any atom is -0.322 e. The molecule has 24 heavy (non-hydrogen) atoms. The number of likely N-dealkylation sites (tertiary alicyclic amines) is 1. The van der Waals surface area contributed by atoms with Crippen molar-refractivity contribution in [3.8, 4) is 0 Å². The molecule has 0 saturated carbocycles. The van der Waals surface area contributed by atoms with E-state index >= 15 is 0 Å². The van der Waals surface area contributed by atoms with Gasteiger partial charge in [0.15, 0.2) is 0 Å². The molecule has 3 rings (SSSR count). The zero-order chi connectivity index (χ0) is 16.8. The van der Waals surface area contributed by atoms with E-state index in [-0.39, 0.29) is 5.91 Å². The van der Waals surface area contributed by atoms with Gasteiger partial charge in [-0.25, -0.2) is 0 Å². The van der Waals surface area contributed by atoms with E-state index in [0.717, 1.165) is 24.2 Å². The number of carbonyl (C=O) groups excluding carboxylic acids is 1. The lowest BCUT2D eigenvalue weighted by molar-refractivity contribution is 0.102. The zero-order valence-corrected chi connectivity index (χ0v) is 14.4. The number of benzene rings is 2. The summed E-state index contributed by atoms with van der Waals surface area (Å²) in [6, 6.07) is 15.9. The van der Waals surface area contributed by atoms with E-state index in [1.165, 1.54) is 37.9 Å². The highest BCUT2D eigenvalue weighted by molar-refractivity contribution is 6.04. The highest BCUT2D eigenvalue weighted by Gasteiger charge is 2.10. The Kier molecular flexibility index (Phi) is 5.65. The minimum atomic E-state index is -0.0526. The fourth-order valence-electron chi connectivity index (χ4n) is 3.18. The summed E-state index contributed by atoms with van der Waals surface area (Å²) in [5.41, 5.74) is 4.00. The average molecular weight is 322 g/mol. The van der Waals surface area contributed by atoms with Crippen LogP contribution >= 0.6 is 0 Å². The molecule has 1 saturated heterocycles. The van der Waals surface area contributed by atoms with Gasteiger partial charge >= 0.3 is 0 Å². The van der Waals surface area contributed by atoms with Crippen molar-refractivity contribution >= 4 is 11.6 Å². The second-order valence-electron chi connectivity index (χ2n) is 6.67. The molecule has 0 aromatic heterocycles. The summed E-state index contributed by atoms with van der Waals surface area (Å²) in [5.74, 6) is -0.0526. The molecular formula is C21H26N2O. The van der Waals surface area contributed by atoms with E-state index in [4.69, 9.17) is 0 Å². The van der Waals surface area contributed by atoms with Gasteiger partial charge in [-0.1, -0.05) is 36.2 Å². The van der Waals surface area contributed by atoms with Crippen LogP contribution in [0.25, 0.3) is 0 Å². The van der Waals surface area contributed by atoms with E-state index in [0.29, 0.717) is 5.56 Å². The minimum absolute atomic E-state index is 0.0526. The lowest BCUT2D eigenvalue weighted by Gasteiger charge is -2.26. The number of nitrogens with zero attached hydrogens (tertiary/aromatic N) is 1. The van der Waals surface area contributed by atoms with Gasteiger partial charge in [-0.05, 0) is 69.1 Å². The molecule has 2 aromatic rings. The third-order valence-electron chi connectivity index (χ3n) is 4.66. The first-order valence-electron chi connectivity index (χ1n) is 8.90. The predicted molar refractivity (Wildman–Crippen MR) is 99.6 cm³/mol. The maximum absolute atomic E-state index is 12.3. The second-order valence-corrected chi connectivity index (χ2v) is 6.67. The first-order chi connectivity index (χ1) is 11.7. The molecule has 1 amide bonds. The topological polar surface area (TPSA) is 32.3 Å². The standard InChI is InChI=1S/C21H26N2O/c1-17-8-10-19(11-9-17)21(24)22-20-7-5-6-18(16-20)12-15-23-13-3-2-4-14-23/h5-11,16H,2-4,12-15H2,1H3,(H,22,24). The maximum atomic E-state index is 12.3. The molecule has 3 nitrogen and oxygen atoms in total. The Bertz CT molecular complexity index is 672. The number of rotatable bonds is 5. The Morgan fingerprint density at radius 3 is 2.54 bits per heavy atom. The van der Waals surface area contributed by atoms with E-state index in [9.17, 15) is 4.79 Å². The van der Waals surface area contributed by atoms with Crippen LogP contribution in [-0.4, -0.2) is 30.4 Å².